The lowest BCUT2D eigenvalue weighted by molar-refractivity contribution is -0.0272. The van der Waals surface area contributed by atoms with Crippen LogP contribution in [0.5, 0.6) is 0 Å². The predicted octanol–water partition coefficient (Wildman–Crippen LogP) is 2.47. The first-order valence-corrected chi connectivity index (χ1v) is 9.04. The normalized spacial score (nSPS) is 29.9. The minimum absolute atomic E-state index is 0.522. The molecule has 0 bridgehead atoms. The molecule has 0 atom stereocenters. The van der Waals surface area contributed by atoms with Gasteiger partial charge >= 0.3 is 0 Å². The number of rotatable bonds is 3. The van der Waals surface area contributed by atoms with E-state index in [1.165, 1.54) is 90.6 Å². The number of nitrogens with zero attached hydrogens (tertiary/aromatic N) is 2. The molecule has 1 aliphatic carbocycles. The number of hydrogen-bond donors (Lipinski definition) is 1. The van der Waals surface area contributed by atoms with Crippen LogP contribution < -0.4 is 5.32 Å². The highest BCUT2D eigenvalue weighted by atomic mass is 15.3. The zero-order valence-electron chi connectivity index (χ0n) is 13.4. The second-order valence-corrected chi connectivity index (χ2v) is 7.23. The van der Waals surface area contributed by atoms with Gasteiger partial charge in [0.15, 0.2) is 0 Å². The predicted molar refractivity (Wildman–Crippen MR) is 85.1 cm³/mol. The average Bonchev–Trinajstić information content (AvgIpc) is 2.50. The lowest BCUT2D eigenvalue weighted by Gasteiger charge is -2.54. The van der Waals surface area contributed by atoms with Crippen LogP contribution in [0.1, 0.15) is 58.3 Å². The fraction of sp³-hybridized carbons (Fsp3) is 1.00. The first kappa shape index (κ1) is 14.8. The summed E-state index contributed by atoms with van der Waals surface area (Å²) in [5.41, 5.74) is 0.522. The molecule has 1 N–H and O–H groups in total. The SMILES string of the molecule is CCCN1CCC(N2CCNCC23CCCCC3)CC1. The van der Waals surface area contributed by atoms with E-state index in [1.807, 2.05) is 0 Å². The van der Waals surface area contributed by atoms with Gasteiger partial charge in [0.25, 0.3) is 0 Å². The Labute approximate surface area is 125 Å². The molecule has 0 aromatic rings. The summed E-state index contributed by atoms with van der Waals surface area (Å²) in [6.45, 7) is 10.0. The maximum atomic E-state index is 3.69. The quantitative estimate of drug-likeness (QED) is 0.856. The van der Waals surface area contributed by atoms with Crippen LogP contribution in [0, 0.1) is 0 Å². The number of likely N-dealkylation sites (tertiary alicyclic amines) is 1. The van der Waals surface area contributed by atoms with Crippen LogP contribution in [-0.2, 0) is 0 Å². The Morgan fingerprint density at radius 1 is 1.05 bits per heavy atom. The van der Waals surface area contributed by atoms with Crippen LogP contribution >= 0.6 is 0 Å². The molecule has 3 rings (SSSR count). The fourth-order valence-electron chi connectivity index (χ4n) is 4.87. The summed E-state index contributed by atoms with van der Waals surface area (Å²) in [5, 5.41) is 3.69. The third-order valence-corrected chi connectivity index (χ3v) is 5.91. The molecule has 20 heavy (non-hydrogen) atoms. The Hall–Kier alpha value is -0.120. The van der Waals surface area contributed by atoms with Crippen molar-refractivity contribution in [2.75, 3.05) is 39.3 Å². The maximum absolute atomic E-state index is 3.69. The number of hydrogen-bond acceptors (Lipinski definition) is 3. The fourth-order valence-corrected chi connectivity index (χ4v) is 4.87. The highest BCUT2D eigenvalue weighted by molar-refractivity contribution is 5.01. The van der Waals surface area contributed by atoms with E-state index in [4.69, 9.17) is 0 Å². The number of piperazine rings is 1. The molecule has 1 spiro atoms. The van der Waals surface area contributed by atoms with E-state index in [-0.39, 0.29) is 0 Å². The van der Waals surface area contributed by atoms with Crippen molar-refractivity contribution >= 4 is 0 Å². The topological polar surface area (TPSA) is 18.5 Å². The van der Waals surface area contributed by atoms with Crippen molar-refractivity contribution in [1.29, 1.82) is 0 Å². The summed E-state index contributed by atoms with van der Waals surface area (Å²) >= 11 is 0. The van der Waals surface area contributed by atoms with Crippen molar-refractivity contribution in [3.63, 3.8) is 0 Å². The van der Waals surface area contributed by atoms with Crippen LogP contribution in [0.15, 0.2) is 0 Å². The molecule has 3 nitrogen and oxygen atoms in total. The van der Waals surface area contributed by atoms with Crippen LogP contribution in [-0.4, -0.2) is 60.6 Å². The second-order valence-electron chi connectivity index (χ2n) is 7.23. The van der Waals surface area contributed by atoms with Gasteiger partial charge in [0, 0.05) is 31.2 Å². The zero-order valence-corrected chi connectivity index (χ0v) is 13.4. The van der Waals surface area contributed by atoms with Crippen LogP contribution in [0.4, 0.5) is 0 Å². The van der Waals surface area contributed by atoms with Crippen molar-refractivity contribution in [1.82, 2.24) is 15.1 Å². The van der Waals surface area contributed by atoms with E-state index in [0.29, 0.717) is 5.54 Å². The van der Waals surface area contributed by atoms with E-state index in [0.717, 1.165) is 6.04 Å². The molecule has 3 fully saturated rings. The lowest BCUT2D eigenvalue weighted by atomic mass is 9.77. The van der Waals surface area contributed by atoms with Gasteiger partial charge in [0.05, 0.1) is 0 Å². The molecule has 0 radical (unpaired) electrons. The molecule has 2 aliphatic heterocycles. The average molecular weight is 279 g/mol. The molecule has 0 aromatic heterocycles. The van der Waals surface area contributed by atoms with Crippen molar-refractivity contribution in [2.24, 2.45) is 0 Å². The Kier molecular flexibility index (Phi) is 5.00. The smallest absolute Gasteiger partial charge is 0.0337 e. The highest BCUT2D eigenvalue weighted by Crippen LogP contribution is 2.37. The largest absolute Gasteiger partial charge is 0.314 e. The molecule has 0 unspecified atom stereocenters. The molecule has 2 heterocycles. The van der Waals surface area contributed by atoms with E-state index < -0.39 is 0 Å². The third-order valence-electron chi connectivity index (χ3n) is 5.91. The summed E-state index contributed by atoms with van der Waals surface area (Å²) in [4.78, 5) is 5.62. The summed E-state index contributed by atoms with van der Waals surface area (Å²) in [7, 11) is 0. The Morgan fingerprint density at radius 2 is 1.80 bits per heavy atom. The molecule has 0 amide bonds. The van der Waals surface area contributed by atoms with E-state index in [9.17, 15) is 0 Å². The molecule has 2 saturated heterocycles. The highest BCUT2D eigenvalue weighted by Gasteiger charge is 2.43. The van der Waals surface area contributed by atoms with Crippen molar-refractivity contribution in [3.8, 4) is 0 Å². The van der Waals surface area contributed by atoms with Gasteiger partial charge in [-0.25, -0.2) is 0 Å². The van der Waals surface area contributed by atoms with E-state index >= 15 is 0 Å². The van der Waals surface area contributed by atoms with E-state index in [1.54, 1.807) is 0 Å². The third kappa shape index (κ3) is 3.05. The molecule has 1 saturated carbocycles. The molecule has 3 heteroatoms. The van der Waals surface area contributed by atoms with Crippen LogP contribution in [0.3, 0.4) is 0 Å². The number of nitrogens with one attached hydrogen (secondary N) is 1. The van der Waals surface area contributed by atoms with Crippen molar-refractivity contribution in [3.05, 3.63) is 0 Å². The second kappa shape index (κ2) is 6.76. The molecule has 116 valence electrons. The minimum atomic E-state index is 0.522. The van der Waals surface area contributed by atoms with Crippen LogP contribution in [0.25, 0.3) is 0 Å². The van der Waals surface area contributed by atoms with Crippen molar-refractivity contribution < 1.29 is 0 Å². The first-order valence-electron chi connectivity index (χ1n) is 9.04. The summed E-state index contributed by atoms with van der Waals surface area (Å²) in [6.07, 6.45) is 11.4. The van der Waals surface area contributed by atoms with E-state index in [2.05, 4.69) is 22.0 Å². The van der Waals surface area contributed by atoms with Crippen LogP contribution in [0.2, 0.25) is 0 Å². The van der Waals surface area contributed by atoms with Crippen molar-refractivity contribution in [2.45, 2.75) is 69.9 Å². The lowest BCUT2D eigenvalue weighted by Crippen LogP contribution is -2.65. The first-order chi connectivity index (χ1) is 9.84. The molecule has 3 aliphatic rings. The Bertz CT molecular complexity index is 282. The summed E-state index contributed by atoms with van der Waals surface area (Å²) in [6, 6.07) is 0.864. The standard InChI is InChI=1S/C17H33N3/c1-2-11-19-12-6-16(7-13-19)20-14-10-18-15-17(20)8-4-3-5-9-17/h16,18H,2-15H2,1H3. The van der Waals surface area contributed by atoms with Gasteiger partial charge in [0.1, 0.15) is 0 Å². The maximum Gasteiger partial charge on any atom is 0.0337 e. The van der Waals surface area contributed by atoms with Gasteiger partial charge in [0.2, 0.25) is 0 Å². The minimum Gasteiger partial charge on any atom is -0.314 e. The monoisotopic (exact) mass is 279 g/mol. The van der Waals surface area contributed by atoms with Gasteiger partial charge < -0.3 is 10.2 Å². The van der Waals surface area contributed by atoms with Gasteiger partial charge in [-0.05, 0) is 51.7 Å². The molecular weight excluding hydrogens is 246 g/mol. The van der Waals surface area contributed by atoms with Gasteiger partial charge in [-0.3, -0.25) is 4.90 Å². The molecule has 0 aromatic carbocycles. The van der Waals surface area contributed by atoms with Gasteiger partial charge in [-0.2, -0.15) is 0 Å². The summed E-state index contributed by atoms with van der Waals surface area (Å²) < 4.78 is 0. The Morgan fingerprint density at radius 3 is 2.50 bits per heavy atom. The van der Waals surface area contributed by atoms with Gasteiger partial charge in [-0.15, -0.1) is 0 Å². The number of piperidine rings is 1. The Balaban J connectivity index is 1.62. The zero-order chi connectivity index (χ0) is 13.8. The summed E-state index contributed by atoms with van der Waals surface area (Å²) in [5.74, 6) is 0. The van der Waals surface area contributed by atoms with Gasteiger partial charge in [-0.1, -0.05) is 26.2 Å². The molecular formula is C17H33N3.